The number of carbonyl (C=O) groups excluding carboxylic acids is 2. The zero-order chi connectivity index (χ0) is 17.0. The molecule has 0 saturated heterocycles. The van der Waals surface area contributed by atoms with Gasteiger partial charge in [0.2, 0.25) is 0 Å². The van der Waals surface area contributed by atoms with Crippen LogP contribution in [0.15, 0.2) is 36.4 Å². The van der Waals surface area contributed by atoms with Crippen LogP contribution in [0.1, 0.15) is 0 Å². The first-order chi connectivity index (χ1) is 10.9. The standard InChI is InChI=1S/C15H11Cl3N2O3/c1-23-13-3-2-10(7-12(13)18)19-14(21)15(22)20-11-5-8(16)4-9(17)6-11/h2-7H,1H3,(H,19,21)(H,20,22). The normalized spacial score (nSPS) is 10.1. The Morgan fingerprint density at radius 3 is 1.96 bits per heavy atom. The van der Waals surface area contributed by atoms with Crippen molar-refractivity contribution in [2.45, 2.75) is 0 Å². The molecule has 23 heavy (non-hydrogen) atoms. The molecule has 0 bridgehead atoms. The van der Waals surface area contributed by atoms with Crippen molar-refractivity contribution in [1.29, 1.82) is 0 Å². The molecule has 0 spiro atoms. The average Bonchev–Trinajstić information content (AvgIpc) is 2.46. The Morgan fingerprint density at radius 2 is 1.43 bits per heavy atom. The van der Waals surface area contributed by atoms with Crippen LogP contribution in [-0.4, -0.2) is 18.9 Å². The minimum atomic E-state index is -0.865. The number of benzene rings is 2. The van der Waals surface area contributed by atoms with E-state index in [0.29, 0.717) is 32.2 Å². The molecule has 0 aliphatic heterocycles. The zero-order valence-electron chi connectivity index (χ0n) is 11.8. The van der Waals surface area contributed by atoms with Crippen molar-refractivity contribution in [3.05, 3.63) is 51.5 Å². The highest BCUT2D eigenvalue weighted by molar-refractivity contribution is 6.44. The van der Waals surface area contributed by atoms with Crippen LogP contribution in [0.4, 0.5) is 11.4 Å². The minimum Gasteiger partial charge on any atom is -0.495 e. The van der Waals surface area contributed by atoms with Crippen LogP contribution in [0.3, 0.4) is 0 Å². The Morgan fingerprint density at radius 1 is 0.870 bits per heavy atom. The Kier molecular flexibility index (Phi) is 5.71. The van der Waals surface area contributed by atoms with Crippen LogP contribution in [0, 0.1) is 0 Å². The summed E-state index contributed by atoms with van der Waals surface area (Å²) >= 11 is 17.6. The van der Waals surface area contributed by atoms with Gasteiger partial charge in [-0.05, 0) is 36.4 Å². The van der Waals surface area contributed by atoms with Crippen molar-refractivity contribution in [3.63, 3.8) is 0 Å². The monoisotopic (exact) mass is 372 g/mol. The first-order valence-corrected chi connectivity index (χ1v) is 7.44. The number of hydrogen-bond donors (Lipinski definition) is 2. The van der Waals surface area contributed by atoms with Crippen molar-refractivity contribution in [1.82, 2.24) is 0 Å². The van der Waals surface area contributed by atoms with Crippen LogP contribution in [0.25, 0.3) is 0 Å². The van der Waals surface area contributed by atoms with Crippen LogP contribution in [-0.2, 0) is 9.59 Å². The van der Waals surface area contributed by atoms with Crippen molar-refractivity contribution in [2.24, 2.45) is 0 Å². The van der Waals surface area contributed by atoms with Crippen LogP contribution < -0.4 is 15.4 Å². The molecule has 5 nitrogen and oxygen atoms in total. The van der Waals surface area contributed by atoms with E-state index in [1.54, 1.807) is 12.1 Å². The molecule has 0 radical (unpaired) electrons. The molecule has 0 aliphatic rings. The summed E-state index contributed by atoms with van der Waals surface area (Å²) < 4.78 is 5.00. The fraction of sp³-hybridized carbons (Fsp3) is 0.0667. The van der Waals surface area contributed by atoms with Crippen LogP contribution in [0.5, 0.6) is 5.75 Å². The first kappa shape index (κ1) is 17.4. The zero-order valence-corrected chi connectivity index (χ0v) is 14.1. The predicted molar refractivity (Wildman–Crippen MR) is 91.7 cm³/mol. The SMILES string of the molecule is COc1ccc(NC(=O)C(=O)Nc2cc(Cl)cc(Cl)c2)cc1Cl. The van der Waals surface area contributed by atoms with E-state index in [2.05, 4.69) is 10.6 Å². The van der Waals surface area contributed by atoms with E-state index < -0.39 is 11.8 Å². The molecule has 2 rings (SSSR count). The third-order valence-electron chi connectivity index (χ3n) is 2.74. The number of methoxy groups -OCH3 is 1. The first-order valence-electron chi connectivity index (χ1n) is 6.31. The largest absolute Gasteiger partial charge is 0.495 e. The number of carbonyl (C=O) groups is 2. The summed E-state index contributed by atoms with van der Waals surface area (Å²) in [5, 5.41) is 5.83. The molecule has 0 unspecified atom stereocenters. The van der Waals surface area contributed by atoms with Gasteiger partial charge in [0.15, 0.2) is 0 Å². The molecule has 0 atom stereocenters. The highest BCUT2D eigenvalue weighted by Gasteiger charge is 2.15. The van der Waals surface area contributed by atoms with Gasteiger partial charge in [-0.1, -0.05) is 34.8 Å². The summed E-state index contributed by atoms with van der Waals surface area (Å²) in [5.74, 6) is -1.26. The topological polar surface area (TPSA) is 67.4 Å². The number of rotatable bonds is 3. The smallest absolute Gasteiger partial charge is 0.314 e. The fourth-order valence-corrected chi connectivity index (χ4v) is 2.53. The summed E-state index contributed by atoms with van der Waals surface area (Å²) in [6.07, 6.45) is 0. The molecule has 8 heteroatoms. The molecule has 0 fully saturated rings. The second-order valence-electron chi connectivity index (χ2n) is 4.42. The molecule has 0 saturated carbocycles. The summed E-state index contributed by atoms with van der Waals surface area (Å²) in [7, 11) is 1.48. The van der Waals surface area contributed by atoms with Crippen LogP contribution >= 0.6 is 34.8 Å². The van der Waals surface area contributed by atoms with E-state index in [-0.39, 0.29) is 0 Å². The van der Waals surface area contributed by atoms with Crippen LogP contribution in [0.2, 0.25) is 15.1 Å². The summed E-state index contributed by atoms with van der Waals surface area (Å²) in [5.41, 5.74) is 0.676. The number of amides is 2. The molecule has 2 aromatic carbocycles. The Balaban J connectivity index is 2.05. The molecule has 2 amide bonds. The third kappa shape index (κ3) is 4.76. The van der Waals surface area contributed by atoms with Crippen molar-refractivity contribution < 1.29 is 14.3 Å². The Labute approximate surface area is 147 Å². The lowest BCUT2D eigenvalue weighted by Crippen LogP contribution is -2.29. The van der Waals surface area contributed by atoms with Gasteiger partial charge in [0.1, 0.15) is 5.75 Å². The van der Waals surface area contributed by atoms with Gasteiger partial charge in [-0.3, -0.25) is 9.59 Å². The van der Waals surface area contributed by atoms with E-state index in [9.17, 15) is 9.59 Å². The van der Waals surface area contributed by atoms with Gasteiger partial charge in [-0.15, -0.1) is 0 Å². The van der Waals surface area contributed by atoms with Gasteiger partial charge in [0.05, 0.1) is 12.1 Å². The van der Waals surface area contributed by atoms with Gasteiger partial charge < -0.3 is 15.4 Å². The molecular weight excluding hydrogens is 363 g/mol. The summed E-state index contributed by atoms with van der Waals surface area (Å²) in [4.78, 5) is 23.8. The number of nitrogens with one attached hydrogen (secondary N) is 2. The average molecular weight is 374 g/mol. The maximum Gasteiger partial charge on any atom is 0.314 e. The lowest BCUT2D eigenvalue weighted by Gasteiger charge is -2.09. The lowest BCUT2D eigenvalue weighted by molar-refractivity contribution is -0.132. The Hall–Kier alpha value is -1.95. The van der Waals surface area contributed by atoms with Crippen molar-refractivity contribution in [2.75, 3.05) is 17.7 Å². The molecule has 0 aliphatic carbocycles. The lowest BCUT2D eigenvalue weighted by atomic mass is 10.3. The van der Waals surface area contributed by atoms with E-state index in [1.807, 2.05) is 0 Å². The number of anilines is 2. The quantitative estimate of drug-likeness (QED) is 0.791. The van der Waals surface area contributed by atoms with Crippen molar-refractivity contribution >= 4 is 58.0 Å². The molecule has 2 aromatic rings. The van der Waals surface area contributed by atoms with E-state index >= 15 is 0 Å². The summed E-state index contributed by atoms with van der Waals surface area (Å²) in [6.45, 7) is 0. The van der Waals surface area contributed by atoms with Crippen molar-refractivity contribution in [3.8, 4) is 5.75 Å². The molecule has 2 N–H and O–H groups in total. The minimum absolute atomic E-state index is 0.312. The van der Waals surface area contributed by atoms with E-state index in [1.165, 1.54) is 31.4 Å². The number of ether oxygens (including phenoxy) is 1. The Bertz CT molecular complexity index is 745. The van der Waals surface area contributed by atoms with Gasteiger partial charge in [0.25, 0.3) is 0 Å². The van der Waals surface area contributed by atoms with Gasteiger partial charge in [-0.25, -0.2) is 0 Å². The highest BCUT2D eigenvalue weighted by Crippen LogP contribution is 2.27. The molecule has 0 aromatic heterocycles. The third-order valence-corrected chi connectivity index (χ3v) is 3.47. The van der Waals surface area contributed by atoms with E-state index in [4.69, 9.17) is 39.5 Å². The number of halogens is 3. The molecule has 0 heterocycles. The maximum atomic E-state index is 11.9. The molecule has 120 valence electrons. The summed E-state index contributed by atoms with van der Waals surface area (Å²) in [6, 6.07) is 9.07. The van der Waals surface area contributed by atoms with E-state index in [0.717, 1.165) is 0 Å². The maximum absolute atomic E-state index is 11.9. The highest BCUT2D eigenvalue weighted by atomic mass is 35.5. The second kappa shape index (κ2) is 7.55. The predicted octanol–water partition coefficient (Wildman–Crippen LogP) is 4.23. The second-order valence-corrected chi connectivity index (χ2v) is 5.70. The van der Waals surface area contributed by atoms with Gasteiger partial charge in [-0.2, -0.15) is 0 Å². The fourth-order valence-electron chi connectivity index (χ4n) is 1.75. The molecular formula is C15H11Cl3N2O3. The van der Waals surface area contributed by atoms with Gasteiger partial charge in [0, 0.05) is 21.4 Å². The van der Waals surface area contributed by atoms with Gasteiger partial charge >= 0.3 is 11.8 Å². The number of hydrogen-bond acceptors (Lipinski definition) is 3.